The van der Waals surface area contributed by atoms with E-state index in [9.17, 15) is 4.79 Å². The van der Waals surface area contributed by atoms with Crippen LogP contribution in [0.1, 0.15) is 58.3 Å². The maximum absolute atomic E-state index is 12.2. The molecule has 0 bridgehead atoms. The molecule has 0 aromatic carbocycles. The highest BCUT2D eigenvalue weighted by molar-refractivity contribution is 5.91. The van der Waals surface area contributed by atoms with E-state index in [1.807, 2.05) is 0 Å². The minimum Gasteiger partial charge on any atom is -0.362 e. The molecule has 2 nitrogen and oxygen atoms in total. The quantitative estimate of drug-likeness (QED) is 0.613. The number of ketones is 1. The molecule has 0 aromatic rings. The van der Waals surface area contributed by atoms with Crippen molar-refractivity contribution in [2.24, 2.45) is 40.4 Å². The van der Waals surface area contributed by atoms with Crippen molar-refractivity contribution in [3.8, 4) is 0 Å². The van der Waals surface area contributed by atoms with Crippen molar-refractivity contribution in [2.75, 3.05) is 6.61 Å². The molecule has 0 N–H and O–H groups in total. The molecule has 2 spiro atoms. The van der Waals surface area contributed by atoms with Crippen molar-refractivity contribution in [1.29, 1.82) is 0 Å². The third-order valence-corrected chi connectivity index (χ3v) is 10.2. The highest BCUT2D eigenvalue weighted by atomic mass is 16.5. The van der Waals surface area contributed by atoms with Gasteiger partial charge >= 0.3 is 0 Å². The van der Waals surface area contributed by atoms with Crippen LogP contribution < -0.4 is 0 Å². The van der Waals surface area contributed by atoms with Gasteiger partial charge in [-0.15, -0.1) is 0 Å². The van der Waals surface area contributed by atoms with Crippen LogP contribution in [-0.2, 0) is 9.53 Å². The summed E-state index contributed by atoms with van der Waals surface area (Å²) < 4.78 is 6.55. The van der Waals surface area contributed by atoms with Crippen LogP contribution in [0.25, 0.3) is 0 Å². The summed E-state index contributed by atoms with van der Waals surface area (Å²) in [6, 6.07) is 0. The Bertz CT molecular complexity index is 842. The Morgan fingerprint density at radius 2 is 2.04 bits per heavy atom. The van der Waals surface area contributed by atoms with Crippen LogP contribution in [-0.4, -0.2) is 18.0 Å². The Labute approximate surface area is 162 Å². The average molecular weight is 363 g/mol. The van der Waals surface area contributed by atoms with E-state index in [1.165, 1.54) is 38.5 Å². The Hall–Kier alpha value is -1.15. The third-order valence-electron chi connectivity index (χ3n) is 10.2. The van der Waals surface area contributed by atoms with E-state index in [0.717, 1.165) is 37.2 Å². The number of hydrogen-bond acceptors (Lipinski definition) is 2. The number of carbonyl (C=O) groups excluding carboxylic acids is 1. The van der Waals surface area contributed by atoms with Gasteiger partial charge < -0.3 is 4.74 Å². The van der Waals surface area contributed by atoms with Gasteiger partial charge in [-0.1, -0.05) is 24.6 Å². The lowest BCUT2D eigenvalue weighted by Gasteiger charge is -2.59. The fraction of sp³-hybridized carbons (Fsp3) is 0.720. The van der Waals surface area contributed by atoms with E-state index in [4.69, 9.17) is 4.74 Å². The molecule has 5 unspecified atom stereocenters. The molecule has 0 aromatic heterocycles. The Morgan fingerprint density at radius 1 is 1.15 bits per heavy atom. The highest BCUT2D eigenvalue weighted by Crippen LogP contribution is 2.78. The summed E-state index contributed by atoms with van der Waals surface area (Å²) in [6.07, 6.45) is 19.3. The zero-order chi connectivity index (χ0) is 18.0. The van der Waals surface area contributed by atoms with E-state index < -0.39 is 0 Å². The van der Waals surface area contributed by atoms with Gasteiger partial charge in [0, 0.05) is 17.8 Å². The van der Waals surface area contributed by atoms with Crippen LogP contribution in [0.4, 0.5) is 0 Å². The SMILES string of the molecule is CC[C@]12CCC3C(CC4(CC4)C4=CC(=O)CC[C@@H]43)C1C1C=C1C21C=CCO1. The normalized spacial score (nSPS) is 52.8. The number of hydrogen-bond donors (Lipinski definition) is 0. The zero-order valence-electron chi connectivity index (χ0n) is 16.4. The fourth-order valence-corrected chi connectivity index (χ4v) is 9.02. The minimum atomic E-state index is -0.0581. The molecule has 6 aliphatic carbocycles. The van der Waals surface area contributed by atoms with Gasteiger partial charge in [0.25, 0.3) is 0 Å². The van der Waals surface area contributed by atoms with Gasteiger partial charge in [-0.3, -0.25) is 4.79 Å². The van der Waals surface area contributed by atoms with Crippen molar-refractivity contribution in [1.82, 2.24) is 0 Å². The summed E-state index contributed by atoms with van der Waals surface area (Å²) in [5, 5.41) is 0. The van der Waals surface area contributed by atoms with E-state index in [1.54, 1.807) is 11.1 Å². The smallest absolute Gasteiger partial charge is 0.155 e. The summed E-state index contributed by atoms with van der Waals surface area (Å²) >= 11 is 0. The summed E-state index contributed by atoms with van der Waals surface area (Å²) in [7, 11) is 0. The molecule has 4 saturated carbocycles. The number of ether oxygens (including phenoxy) is 1. The van der Waals surface area contributed by atoms with Crippen LogP contribution >= 0.6 is 0 Å². The van der Waals surface area contributed by atoms with Crippen molar-refractivity contribution in [3.05, 3.63) is 35.5 Å². The third kappa shape index (κ3) is 1.64. The molecule has 0 radical (unpaired) electrons. The van der Waals surface area contributed by atoms with E-state index in [2.05, 4.69) is 31.2 Å². The first kappa shape index (κ1) is 15.7. The summed E-state index contributed by atoms with van der Waals surface area (Å²) in [4.78, 5) is 12.2. The summed E-state index contributed by atoms with van der Waals surface area (Å²) in [5.74, 6) is 4.27. The molecule has 0 saturated heterocycles. The molecular weight excluding hydrogens is 332 g/mol. The van der Waals surface area contributed by atoms with Crippen LogP contribution in [0.15, 0.2) is 35.5 Å². The fourth-order valence-electron chi connectivity index (χ4n) is 9.02. The van der Waals surface area contributed by atoms with Gasteiger partial charge in [0.2, 0.25) is 0 Å². The molecule has 7 atom stereocenters. The Kier molecular flexibility index (Phi) is 2.74. The number of fused-ring (bicyclic) bond motifs is 10. The van der Waals surface area contributed by atoms with Crippen molar-refractivity contribution < 1.29 is 9.53 Å². The lowest BCUT2D eigenvalue weighted by molar-refractivity contribution is -0.127. The topological polar surface area (TPSA) is 26.3 Å². The molecule has 2 heteroatoms. The van der Waals surface area contributed by atoms with Gasteiger partial charge in [-0.25, -0.2) is 0 Å². The van der Waals surface area contributed by atoms with Gasteiger partial charge in [0.15, 0.2) is 5.78 Å². The lowest BCUT2D eigenvalue weighted by atomic mass is 9.46. The van der Waals surface area contributed by atoms with Crippen LogP contribution in [0.5, 0.6) is 0 Å². The van der Waals surface area contributed by atoms with E-state index in [0.29, 0.717) is 28.4 Å². The molecule has 7 rings (SSSR count). The number of allylic oxidation sites excluding steroid dienone is 2. The second-order valence-corrected chi connectivity index (χ2v) is 10.7. The van der Waals surface area contributed by atoms with Gasteiger partial charge in [-0.2, -0.15) is 0 Å². The minimum absolute atomic E-state index is 0.0581. The molecule has 1 heterocycles. The molecule has 7 aliphatic rings. The molecular formula is C25H30O2. The Balaban J connectivity index is 1.34. The van der Waals surface area contributed by atoms with Gasteiger partial charge in [0.05, 0.1) is 6.61 Å². The van der Waals surface area contributed by atoms with Gasteiger partial charge in [0.1, 0.15) is 5.60 Å². The van der Waals surface area contributed by atoms with Crippen LogP contribution in [0.3, 0.4) is 0 Å². The molecule has 0 amide bonds. The second kappa shape index (κ2) is 4.70. The maximum Gasteiger partial charge on any atom is 0.155 e. The Morgan fingerprint density at radius 3 is 2.78 bits per heavy atom. The average Bonchev–Trinajstić information content (AvgIpc) is 3.58. The molecule has 27 heavy (non-hydrogen) atoms. The first-order valence-corrected chi connectivity index (χ1v) is 11.4. The zero-order valence-corrected chi connectivity index (χ0v) is 16.4. The van der Waals surface area contributed by atoms with Crippen LogP contribution in [0.2, 0.25) is 0 Å². The number of rotatable bonds is 1. The first-order valence-electron chi connectivity index (χ1n) is 11.4. The van der Waals surface area contributed by atoms with Crippen LogP contribution in [0, 0.1) is 40.4 Å². The number of carbonyl (C=O) groups is 1. The van der Waals surface area contributed by atoms with Crippen molar-refractivity contribution in [2.45, 2.75) is 63.9 Å². The lowest BCUT2D eigenvalue weighted by Crippen LogP contribution is -2.56. The first-order chi connectivity index (χ1) is 13.1. The molecule has 4 fully saturated rings. The largest absolute Gasteiger partial charge is 0.362 e. The van der Waals surface area contributed by atoms with Crippen molar-refractivity contribution in [3.63, 3.8) is 0 Å². The summed E-state index contributed by atoms with van der Waals surface area (Å²) in [6.45, 7) is 3.23. The predicted molar refractivity (Wildman–Crippen MR) is 104 cm³/mol. The summed E-state index contributed by atoms with van der Waals surface area (Å²) in [5.41, 5.74) is 3.91. The highest BCUT2D eigenvalue weighted by Gasteiger charge is 2.74. The standard InChI is InChI=1S/C25H30O2/c1-2-24-8-6-16-17-5-4-15(26)12-20(17)23(9-10-23)14-19(16)22(24)18-13-21(18)25(24)7-3-11-27-25/h3,7,12-13,16-19,22H,2,4-6,8-11,14H2,1H3/t16?,17-,18?,19?,22?,24+,25?/m1/s1. The molecule has 142 valence electrons. The molecule has 1 aliphatic heterocycles. The second-order valence-electron chi connectivity index (χ2n) is 10.7. The maximum atomic E-state index is 12.2. The van der Waals surface area contributed by atoms with Gasteiger partial charge in [-0.05, 0) is 91.8 Å². The van der Waals surface area contributed by atoms with E-state index >= 15 is 0 Å². The monoisotopic (exact) mass is 362 g/mol. The van der Waals surface area contributed by atoms with Crippen molar-refractivity contribution >= 4 is 5.78 Å². The van der Waals surface area contributed by atoms with E-state index in [-0.39, 0.29) is 5.60 Å². The predicted octanol–water partition coefficient (Wildman–Crippen LogP) is 5.01.